The molecular formula is C21H29NO7. The first-order chi connectivity index (χ1) is 13.1. The number of benzene rings is 1. The first-order valence-electron chi connectivity index (χ1n) is 9.19. The number of Topliss-reactive ketones (excluding diaryl/α,β-unsaturated/α-hetero) is 1. The number of hydrogen-bond acceptors (Lipinski definition) is 7. The average molecular weight is 407 g/mol. The van der Waals surface area contributed by atoms with Crippen LogP contribution in [0.5, 0.6) is 0 Å². The molecule has 0 saturated heterocycles. The zero-order valence-electron chi connectivity index (χ0n) is 18.2. The molecular weight excluding hydrogens is 378 g/mol. The van der Waals surface area contributed by atoms with Gasteiger partial charge in [0.1, 0.15) is 17.1 Å². The number of ether oxygens (including phenoxy) is 2. The highest BCUT2D eigenvalue weighted by molar-refractivity contribution is 6.12. The first-order valence-corrected chi connectivity index (χ1v) is 9.19. The van der Waals surface area contributed by atoms with E-state index < -0.39 is 41.1 Å². The van der Waals surface area contributed by atoms with Gasteiger partial charge in [0.2, 0.25) is 0 Å². The maximum Gasteiger partial charge on any atom is 0.534 e. The molecule has 0 fully saturated rings. The van der Waals surface area contributed by atoms with E-state index in [-0.39, 0.29) is 10.6 Å². The van der Waals surface area contributed by atoms with Crippen molar-refractivity contribution in [1.82, 2.24) is 5.06 Å². The van der Waals surface area contributed by atoms with Gasteiger partial charge in [-0.1, -0.05) is 34.9 Å². The van der Waals surface area contributed by atoms with Gasteiger partial charge in [-0.05, 0) is 55.4 Å². The van der Waals surface area contributed by atoms with Crippen LogP contribution < -0.4 is 0 Å². The molecule has 0 spiro atoms. The molecule has 1 atom stereocenters. The van der Waals surface area contributed by atoms with Crippen molar-refractivity contribution in [1.29, 1.82) is 0 Å². The number of aryl methyl sites for hydroxylation is 1. The monoisotopic (exact) mass is 407 g/mol. The van der Waals surface area contributed by atoms with Crippen molar-refractivity contribution in [2.24, 2.45) is 5.92 Å². The quantitative estimate of drug-likeness (QED) is 0.316. The molecule has 0 aliphatic rings. The fourth-order valence-electron chi connectivity index (χ4n) is 2.07. The van der Waals surface area contributed by atoms with Crippen molar-refractivity contribution in [3.05, 3.63) is 35.4 Å². The fourth-order valence-corrected chi connectivity index (χ4v) is 2.07. The van der Waals surface area contributed by atoms with Gasteiger partial charge in [-0.3, -0.25) is 14.4 Å². The van der Waals surface area contributed by atoms with Gasteiger partial charge >= 0.3 is 12.2 Å². The molecule has 1 unspecified atom stereocenters. The van der Waals surface area contributed by atoms with Crippen LogP contribution in [-0.2, 0) is 19.1 Å². The molecule has 29 heavy (non-hydrogen) atoms. The number of carbonyl (C=O) groups is 4. The lowest BCUT2D eigenvalue weighted by Crippen LogP contribution is -2.46. The molecule has 0 aliphatic heterocycles. The van der Waals surface area contributed by atoms with Gasteiger partial charge in [0.15, 0.2) is 5.78 Å². The van der Waals surface area contributed by atoms with Crippen LogP contribution >= 0.6 is 0 Å². The first kappa shape index (κ1) is 24.1. The van der Waals surface area contributed by atoms with Crippen LogP contribution in [0.15, 0.2) is 24.3 Å². The Labute approximate surface area is 171 Å². The molecule has 0 N–H and O–H groups in total. The Balaban J connectivity index is 3.10. The molecule has 1 aromatic carbocycles. The summed E-state index contributed by atoms with van der Waals surface area (Å²) in [4.78, 5) is 54.8. The van der Waals surface area contributed by atoms with Gasteiger partial charge in [0, 0.05) is 5.56 Å². The number of hydrogen-bond donors (Lipinski definition) is 0. The summed E-state index contributed by atoms with van der Waals surface area (Å²) in [5, 5.41) is 0.135. The van der Waals surface area contributed by atoms with Gasteiger partial charge in [0.25, 0.3) is 5.91 Å². The van der Waals surface area contributed by atoms with Crippen molar-refractivity contribution >= 4 is 23.9 Å². The van der Waals surface area contributed by atoms with Crippen LogP contribution in [-0.4, -0.2) is 40.2 Å². The van der Waals surface area contributed by atoms with Gasteiger partial charge in [-0.2, -0.15) is 0 Å². The molecule has 0 radical (unpaired) electrons. The van der Waals surface area contributed by atoms with E-state index in [1.165, 1.54) is 6.92 Å². The SMILES string of the molecule is Cc1ccc(C(=O)C(C)C(=O)N(OC(=O)OC(C)(C)C)C(=O)OC(C)(C)C)cc1. The van der Waals surface area contributed by atoms with Crippen LogP contribution in [0.2, 0.25) is 0 Å². The predicted octanol–water partition coefficient (Wildman–Crippen LogP) is 4.44. The number of nitrogens with zero attached hydrogens (tertiary/aromatic N) is 1. The third kappa shape index (κ3) is 7.93. The van der Waals surface area contributed by atoms with Crippen LogP contribution in [0.1, 0.15) is 64.4 Å². The van der Waals surface area contributed by atoms with E-state index in [0.717, 1.165) is 5.56 Å². The van der Waals surface area contributed by atoms with E-state index in [9.17, 15) is 19.2 Å². The summed E-state index contributed by atoms with van der Waals surface area (Å²) in [6.07, 6.45) is -2.50. The number of carbonyl (C=O) groups excluding carboxylic acids is 4. The zero-order valence-corrected chi connectivity index (χ0v) is 18.2. The largest absolute Gasteiger partial charge is 0.534 e. The lowest BCUT2D eigenvalue weighted by atomic mass is 9.98. The summed E-state index contributed by atoms with van der Waals surface area (Å²) >= 11 is 0. The summed E-state index contributed by atoms with van der Waals surface area (Å²) in [6, 6.07) is 6.61. The molecule has 0 bridgehead atoms. The second-order valence-electron chi connectivity index (χ2n) is 8.62. The molecule has 8 heteroatoms. The molecule has 2 amide bonds. The number of amides is 2. The summed E-state index contributed by atoms with van der Waals surface area (Å²) in [5.41, 5.74) is -0.637. The molecule has 8 nitrogen and oxygen atoms in total. The molecule has 0 heterocycles. The van der Waals surface area contributed by atoms with E-state index in [1.54, 1.807) is 65.8 Å². The lowest BCUT2D eigenvalue weighted by molar-refractivity contribution is -0.173. The molecule has 0 aliphatic carbocycles. The predicted molar refractivity (Wildman–Crippen MR) is 105 cm³/mol. The van der Waals surface area contributed by atoms with Crippen molar-refractivity contribution < 1.29 is 33.5 Å². The van der Waals surface area contributed by atoms with E-state index in [4.69, 9.17) is 14.3 Å². The number of rotatable bonds is 3. The Kier molecular flexibility index (Phi) is 7.55. The van der Waals surface area contributed by atoms with Crippen LogP contribution in [0.3, 0.4) is 0 Å². The Morgan fingerprint density at radius 2 is 1.34 bits per heavy atom. The minimum Gasteiger partial charge on any atom is -0.441 e. The second kappa shape index (κ2) is 9.07. The van der Waals surface area contributed by atoms with E-state index in [2.05, 4.69) is 0 Å². The van der Waals surface area contributed by atoms with Gasteiger partial charge in [0.05, 0.1) is 0 Å². The standard InChI is InChI=1S/C21H29NO7/c1-13-9-11-15(12-10-13)16(23)14(2)17(24)22(18(25)27-20(3,4)5)29-19(26)28-21(6,7)8/h9-12,14H,1-8H3. The van der Waals surface area contributed by atoms with Crippen molar-refractivity contribution in [3.63, 3.8) is 0 Å². The van der Waals surface area contributed by atoms with Gasteiger partial charge in [-0.15, -0.1) is 0 Å². The minimum absolute atomic E-state index is 0.135. The normalized spacial score (nSPS) is 12.6. The molecule has 1 aromatic rings. The van der Waals surface area contributed by atoms with Crippen LogP contribution in [0.25, 0.3) is 0 Å². The smallest absolute Gasteiger partial charge is 0.441 e. The Morgan fingerprint density at radius 1 is 0.862 bits per heavy atom. The maximum atomic E-state index is 12.8. The fraction of sp³-hybridized carbons (Fsp3) is 0.524. The third-order valence-electron chi connectivity index (χ3n) is 3.41. The minimum atomic E-state index is -1.30. The highest BCUT2D eigenvalue weighted by Crippen LogP contribution is 2.18. The third-order valence-corrected chi connectivity index (χ3v) is 3.41. The summed E-state index contributed by atoms with van der Waals surface area (Å²) < 4.78 is 10.1. The van der Waals surface area contributed by atoms with E-state index >= 15 is 0 Å². The number of hydroxylamine groups is 2. The summed E-state index contributed by atoms with van der Waals surface area (Å²) in [6.45, 7) is 12.7. The van der Waals surface area contributed by atoms with Crippen molar-refractivity contribution in [2.75, 3.05) is 0 Å². The Morgan fingerprint density at radius 3 is 1.79 bits per heavy atom. The highest BCUT2D eigenvalue weighted by atomic mass is 16.8. The molecule has 160 valence electrons. The lowest BCUT2D eigenvalue weighted by Gasteiger charge is -2.27. The molecule has 0 aromatic heterocycles. The Bertz CT molecular complexity index is 770. The Hall–Kier alpha value is -2.90. The second-order valence-corrected chi connectivity index (χ2v) is 8.62. The average Bonchev–Trinajstić information content (AvgIpc) is 2.55. The molecule has 0 saturated carbocycles. The van der Waals surface area contributed by atoms with E-state index in [1.807, 2.05) is 6.92 Å². The topological polar surface area (TPSA) is 99.2 Å². The zero-order chi connectivity index (χ0) is 22.6. The van der Waals surface area contributed by atoms with Crippen molar-refractivity contribution in [3.8, 4) is 0 Å². The maximum absolute atomic E-state index is 12.8. The highest BCUT2D eigenvalue weighted by Gasteiger charge is 2.38. The molecule has 1 rings (SSSR count). The number of ketones is 1. The summed E-state index contributed by atoms with van der Waals surface area (Å²) in [7, 11) is 0. The van der Waals surface area contributed by atoms with Crippen molar-refractivity contribution in [2.45, 2.75) is 66.6 Å². The van der Waals surface area contributed by atoms with Gasteiger partial charge < -0.3 is 9.47 Å². The van der Waals surface area contributed by atoms with Crippen LogP contribution in [0, 0.1) is 12.8 Å². The van der Waals surface area contributed by atoms with Gasteiger partial charge in [-0.25, -0.2) is 9.59 Å². The van der Waals surface area contributed by atoms with Crippen LogP contribution in [0.4, 0.5) is 9.59 Å². The summed E-state index contributed by atoms with van der Waals surface area (Å²) in [5.74, 6) is -2.88. The van der Waals surface area contributed by atoms with E-state index in [0.29, 0.717) is 0 Å². The number of imide groups is 1.